The lowest BCUT2D eigenvalue weighted by Gasteiger charge is -2.11. The lowest BCUT2D eigenvalue weighted by molar-refractivity contribution is -0.117. The third-order valence-electron chi connectivity index (χ3n) is 4.61. The van der Waals surface area contributed by atoms with Gasteiger partial charge in [0.25, 0.3) is 11.8 Å². The predicted molar refractivity (Wildman–Crippen MR) is 113 cm³/mol. The molecule has 0 spiro atoms. The number of nitrogens with zero attached hydrogens (tertiary/aromatic N) is 1. The van der Waals surface area contributed by atoms with E-state index < -0.39 is 17.6 Å². The van der Waals surface area contributed by atoms with Gasteiger partial charge in [0.1, 0.15) is 11.5 Å². The van der Waals surface area contributed by atoms with Crippen LogP contribution in [0, 0.1) is 5.82 Å². The first-order chi connectivity index (χ1) is 14.0. The molecule has 5 nitrogen and oxygen atoms in total. The molecule has 6 heteroatoms. The largest absolute Gasteiger partial charge is 0.351 e. The second-order valence-corrected chi connectivity index (χ2v) is 6.64. The van der Waals surface area contributed by atoms with Gasteiger partial charge in [-0.2, -0.15) is 0 Å². The standard InChI is InChI=1S/C23H24FN3O2/c1-3-13-25-23(29)20(26-22(28)18-10-5-7-11-19(18)24)14-16-15-27(4-2)21-12-8-6-9-17(16)21/h5-12,14-15H,3-4,13H2,1-2H3,(H,25,29)(H,26,28)/b20-14-. The van der Waals surface area contributed by atoms with Crippen LogP contribution in [0.25, 0.3) is 17.0 Å². The molecule has 0 aliphatic carbocycles. The van der Waals surface area contributed by atoms with E-state index in [1.165, 1.54) is 18.2 Å². The molecule has 0 aliphatic heterocycles. The summed E-state index contributed by atoms with van der Waals surface area (Å²) >= 11 is 0. The fourth-order valence-corrected chi connectivity index (χ4v) is 3.13. The molecular weight excluding hydrogens is 369 g/mol. The van der Waals surface area contributed by atoms with Crippen LogP contribution in [0.1, 0.15) is 36.2 Å². The predicted octanol–water partition coefficient (Wildman–Crippen LogP) is 4.10. The van der Waals surface area contributed by atoms with Gasteiger partial charge in [-0.15, -0.1) is 0 Å². The minimum atomic E-state index is -0.666. The van der Waals surface area contributed by atoms with Crippen molar-refractivity contribution in [2.45, 2.75) is 26.8 Å². The van der Waals surface area contributed by atoms with Gasteiger partial charge in [-0.05, 0) is 37.6 Å². The average Bonchev–Trinajstić information content (AvgIpc) is 3.09. The zero-order valence-corrected chi connectivity index (χ0v) is 16.5. The Bertz CT molecular complexity index is 1070. The van der Waals surface area contributed by atoms with Crippen molar-refractivity contribution in [2.75, 3.05) is 6.54 Å². The van der Waals surface area contributed by atoms with E-state index in [2.05, 4.69) is 15.2 Å². The Morgan fingerprint density at radius 3 is 2.52 bits per heavy atom. The van der Waals surface area contributed by atoms with Crippen LogP contribution in [0.15, 0.2) is 60.4 Å². The summed E-state index contributed by atoms with van der Waals surface area (Å²) in [5.41, 5.74) is 1.80. The normalized spacial score (nSPS) is 11.5. The molecule has 0 unspecified atom stereocenters. The molecule has 0 radical (unpaired) electrons. The van der Waals surface area contributed by atoms with Gasteiger partial charge in [-0.1, -0.05) is 37.3 Å². The maximum Gasteiger partial charge on any atom is 0.267 e. The fourth-order valence-electron chi connectivity index (χ4n) is 3.13. The molecule has 1 heterocycles. The summed E-state index contributed by atoms with van der Waals surface area (Å²) in [6.07, 6.45) is 4.33. The van der Waals surface area contributed by atoms with Crippen molar-refractivity contribution in [2.24, 2.45) is 0 Å². The van der Waals surface area contributed by atoms with Crippen LogP contribution in [-0.2, 0) is 11.3 Å². The summed E-state index contributed by atoms with van der Waals surface area (Å²) in [7, 11) is 0. The summed E-state index contributed by atoms with van der Waals surface area (Å²) in [6.45, 7) is 5.22. The molecule has 2 aromatic carbocycles. The first-order valence-electron chi connectivity index (χ1n) is 9.68. The minimum absolute atomic E-state index is 0.0747. The number of aryl methyl sites for hydroxylation is 1. The lowest BCUT2D eigenvalue weighted by atomic mass is 10.1. The van der Waals surface area contributed by atoms with Crippen LogP contribution in [0.5, 0.6) is 0 Å². The molecule has 0 aliphatic rings. The summed E-state index contributed by atoms with van der Waals surface area (Å²) in [4.78, 5) is 25.3. The molecular formula is C23H24FN3O2. The second kappa shape index (κ2) is 9.19. The Balaban J connectivity index is 2.01. The van der Waals surface area contributed by atoms with E-state index in [4.69, 9.17) is 0 Å². The number of carbonyl (C=O) groups excluding carboxylic acids is 2. The zero-order chi connectivity index (χ0) is 20.8. The number of hydrogen-bond donors (Lipinski definition) is 2. The van der Waals surface area contributed by atoms with Crippen LogP contribution >= 0.6 is 0 Å². The topological polar surface area (TPSA) is 63.1 Å². The van der Waals surface area contributed by atoms with Crippen LogP contribution in [-0.4, -0.2) is 22.9 Å². The maximum atomic E-state index is 14.0. The molecule has 29 heavy (non-hydrogen) atoms. The number of aromatic nitrogens is 1. The highest BCUT2D eigenvalue weighted by Crippen LogP contribution is 2.23. The maximum absolute atomic E-state index is 14.0. The van der Waals surface area contributed by atoms with Gasteiger partial charge < -0.3 is 15.2 Å². The Labute approximate surface area is 169 Å². The monoisotopic (exact) mass is 393 g/mol. The molecule has 1 aromatic heterocycles. The van der Waals surface area contributed by atoms with Gasteiger partial charge in [0, 0.05) is 35.8 Å². The third kappa shape index (κ3) is 4.54. The number of hydrogen-bond acceptors (Lipinski definition) is 2. The Hall–Kier alpha value is -3.41. The van der Waals surface area contributed by atoms with E-state index in [-0.39, 0.29) is 11.3 Å². The van der Waals surface area contributed by atoms with Gasteiger partial charge in [-0.3, -0.25) is 9.59 Å². The molecule has 3 aromatic rings. The highest BCUT2D eigenvalue weighted by atomic mass is 19.1. The Kier molecular flexibility index (Phi) is 6.44. The molecule has 150 valence electrons. The van der Waals surface area contributed by atoms with E-state index in [0.717, 1.165) is 29.4 Å². The molecule has 0 fully saturated rings. The van der Waals surface area contributed by atoms with Crippen LogP contribution in [0.2, 0.25) is 0 Å². The quantitative estimate of drug-likeness (QED) is 0.594. The number of halogens is 1. The van der Waals surface area contributed by atoms with E-state index >= 15 is 0 Å². The molecule has 0 saturated heterocycles. The number of amides is 2. The van der Waals surface area contributed by atoms with Gasteiger partial charge in [0.15, 0.2) is 0 Å². The number of fused-ring (bicyclic) bond motifs is 1. The van der Waals surface area contributed by atoms with Crippen LogP contribution in [0.4, 0.5) is 4.39 Å². The second-order valence-electron chi connectivity index (χ2n) is 6.64. The fraction of sp³-hybridized carbons (Fsp3) is 0.217. The van der Waals surface area contributed by atoms with Gasteiger partial charge >= 0.3 is 0 Å². The van der Waals surface area contributed by atoms with Crippen molar-refractivity contribution < 1.29 is 14.0 Å². The number of carbonyl (C=O) groups is 2. The number of benzene rings is 2. The SMILES string of the molecule is CCCNC(=O)/C(=C/c1cn(CC)c2ccccc12)NC(=O)c1ccccc1F. The number of para-hydroxylation sites is 1. The first kappa shape index (κ1) is 20.3. The average molecular weight is 393 g/mol. The zero-order valence-electron chi connectivity index (χ0n) is 16.5. The Morgan fingerprint density at radius 2 is 1.79 bits per heavy atom. The van der Waals surface area contributed by atoms with E-state index in [1.807, 2.05) is 44.3 Å². The van der Waals surface area contributed by atoms with Crippen molar-refractivity contribution in [3.8, 4) is 0 Å². The number of rotatable bonds is 7. The van der Waals surface area contributed by atoms with E-state index in [9.17, 15) is 14.0 Å². The summed E-state index contributed by atoms with van der Waals surface area (Å²) in [5.74, 6) is -1.72. The van der Waals surface area contributed by atoms with Crippen LogP contribution < -0.4 is 10.6 Å². The minimum Gasteiger partial charge on any atom is -0.351 e. The van der Waals surface area contributed by atoms with Crippen molar-refractivity contribution >= 4 is 28.8 Å². The molecule has 0 atom stereocenters. The molecule has 2 N–H and O–H groups in total. The van der Waals surface area contributed by atoms with Gasteiger partial charge in [-0.25, -0.2) is 4.39 Å². The van der Waals surface area contributed by atoms with Crippen molar-refractivity contribution in [3.05, 3.63) is 77.4 Å². The van der Waals surface area contributed by atoms with E-state index in [1.54, 1.807) is 12.1 Å². The summed E-state index contributed by atoms with van der Waals surface area (Å²) in [5, 5.41) is 6.32. The molecule has 3 rings (SSSR count). The highest BCUT2D eigenvalue weighted by Gasteiger charge is 2.17. The summed E-state index contributed by atoms with van der Waals surface area (Å²) in [6, 6.07) is 13.5. The lowest BCUT2D eigenvalue weighted by Crippen LogP contribution is -2.35. The van der Waals surface area contributed by atoms with Gasteiger partial charge in [0.05, 0.1) is 5.56 Å². The first-order valence-corrected chi connectivity index (χ1v) is 9.68. The molecule has 0 bridgehead atoms. The van der Waals surface area contributed by atoms with E-state index in [0.29, 0.717) is 6.54 Å². The smallest absolute Gasteiger partial charge is 0.267 e. The van der Waals surface area contributed by atoms with Crippen molar-refractivity contribution in [1.82, 2.24) is 15.2 Å². The van der Waals surface area contributed by atoms with Crippen molar-refractivity contribution in [1.29, 1.82) is 0 Å². The highest BCUT2D eigenvalue weighted by molar-refractivity contribution is 6.06. The van der Waals surface area contributed by atoms with Crippen molar-refractivity contribution in [3.63, 3.8) is 0 Å². The van der Waals surface area contributed by atoms with Crippen LogP contribution in [0.3, 0.4) is 0 Å². The third-order valence-corrected chi connectivity index (χ3v) is 4.61. The molecule has 0 saturated carbocycles. The Morgan fingerprint density at radius 1 is 1.07 bits per heavy atom. The molecule has 2 amide bonds. The number of nitrogens with one attached hydrogen (secondary N) is 2. The summed E-state index contributed by atoms with van der Waals surface area (Å²) < 4.78 is 16.1. The van der Waals surface area contributed by atoms with Gasteiger partial charge in [0.2, 0.25) is 0 Å².